The molecule has 0 radical (unpaired) electrons. The molecule has 0 aliphatic rings. The Bertz CT molecular complexity index is 465. The SMILES string of the molecule is CCCNC(=O)C[NH+](C)CC(=O)Nc1cccc(F)c1. The minimum Gasteiger partial charge on any atom is -0.351 e. The monoisotopic (exact) mass is 282 g/mol. The van der Waals surface area contributed by atoms with Crippen LogP contribution in [-0.4, -0.2) is 38.5 Å². The van der Waals surface area contributed by atoms with Crippen LogP contribution in [-0.2, 0) is 9.59 Å². The molecule has 1 rings (SSSR count). The number of nitrogens with one attached hydrogen (secondary N) is 3. The van der Waals surface area contributed by atoms with Crippen LogP contribution in [0.4, 0.5) is 10.1 Å². The summed E-state index contributed by atoms with van der Waals surface area (Å²) in [6.07, 6.45) is 0.880. The molecule has 5 nitrogen and oxygen atoms in total. The van der Waals surface area contributed by atoms with Crippen molar-refractivity contribution in [1.82, 2.24) is 5.32 Å². The van der Waals surface area contributed by atoms with Gasteiger partial charge in [0.25, 0.3) is 11.8 Å². The first kappa shape index (κ1) is 16.1. The first-order chi connectivity index (χ1) is 9.51. The van der Waals surface area contributed by atoms with E-state index in [0.717, 1.165) is 11.3 Å². The van der Waals surface area contributed by atoms with Gasteiger partial charge < -0.3 is 15.5 Å². The Balaban J connectivity index is 2.36. The molecule has 1 aromatic carbocycles. The smallest absolute Gasteiger partial charge is 0.279 e. The molecule has 0 fully saturated rings. The zero-order valence-corrected chi connectivity index (χ0v) is 11.8. The van der Waals surface area contributed by atoms with E-state index in [1.165, 1.54) is 18.2 Å². The van der Waals surface area contributed by atoms with E-state index in [1.54, 1.807) is 13.1 Å². The molecule has 0 aliphatic heterocycles. The van der Waals surface area contributed by atoms with E-state index in [-0.39, 0.29) is 24.9 Å². The summed E-state index contributed by atoms with van der Waals surface area (Å²) in [5, 5.41) is 5.35. The van der Waals surface area contributed by atoms with Gasteiger partial charge in [0.2, 0.25) is 0 Å². The first-order valence-electron chi connectivity index (χ1n) is 6.64. The summed E-state index contributed by atoms with van der Waals surface area (Å²) in [5.74, 6) is -0.734. The normalized spacial score (nSPS) is 11.8. The average molecular weight is 282 g/mol. The average Bonchev–Trinajstić information content (AvgIpc) is 2.35. The highest BCUT2D eigenvalue weighted by atomic mass is 19.1. The molecule has 0 aliphatic carbocycles. The summed E-state index contributed by atoms with van der Waals surface area (Å²) in [4.78, 5) is 24.0. The van der Waals surface area contributed by atoms with Crippen LogP contribution in [0, 0.1) is 5.82 Å². The number of likely N-dealkylation sites (N-methyl/N-ethyl adjacent to an activating group) is 1. The van der Waals surface area contributed by atoms with Crippen LogP contribution in [0.1, 0.15) is 13.3 Å². The molecule has 0 heterocycles. The van der Waals surface area contributed by atoms with Gasteiger partial charge in [-0.1, -0.05) is 13.0 Å². The van der Waals surface area contributed by atoms with Crippen LogP contribution in [0.5, 0.6) is 0 Å². The second kappa shape index (κ2) is 8.27. The maximum absolute atomic E-state index is 13.0. The predicted molar refractivity (Wildman–Crippen MR) is 75.0 cm³/mol. The van der Waals surface area contributed by atoms with Crippen molar-refractivity contribution in [2.75, 3.05) is 32.0 Å². The molecule has 3 N–H and O–H groups in total. The number of hydrogen-bond donors (Lipinski definition) is 3. The molecule has 0 aromatic heterocycles. The minimum atomic E-state index is -0.401. The number of carbonyl (C=O) groups is 2. The van der Waals surface area contributed by atoms with Gasteiger partial charge in [0.1, 0.15) is 5.82 Å². The number of amides is 2. The molecule has 1 atom stereocenters. The van der Waals surface area contributed by atoms with E-state index in [4.69, 9.17) is 0 Å². The lowest BCUT2D eigenvalue weighted by atomic mass is 10.3. The molecule has 0 bridgehead atoms. The summed E-state index contributed by atoms with van der Waals surface area (Å²) < 4.78 is 13.0. The molecule has 20 heavy (non-hydrogen) atoms. The van der Waals surface area contributed by atoms with E-state index in [9.17, 15) is 14.0 Å². The van der Waals surface area contributed by atoms with Gasteiger partial charge >= 0.3 is 0 Å². The highest BCUT2D eigenvalue weighted by Crippen LogP contribution is 2.08. The van der Waals surface area contributed by atoms with Gasteiger partial charge in [-0.2, -0.15) is 0 Å². The predicted octanol–water partition coefficient (Wildman–Crippen LogP) is -0.195. The molecule has 1 unspecified atom stereocenters. The van der Waals surface area contributed by atoms with E-state index in [0.29, 0.717) is 12.2 Å². The lowest BCUT2D eigenvalue weighted by Gasteiger charge is -2.13. The molecule has 2 amide bonds. The molecule has 6 heteroatoms. The van der Waals surface area contributed by atoms with Crippen LogP contribution in [0.2, 0.25) is 0 Å². The lowest BCUT2D eigenvalue weighted by Crippen LogP contribution is -3.11. The Morgan fingerprint density at radius 2 is 1.95 bits per heavy atom. The molecular weight excluding hydrogens is 261 g/mol. The van der Waals surface area contributed by atoms with Crippen molar-refractivity contribution in [2.24, 2.45) is 0 Å². The zero-order valence-electron chi connectivity index (χ0n) is 11.8. The maximum Gasteiger partial charge on any atom is 0.279 e. The van der Waals surface area contributed by atoms with Crippen molar-refractivity contribution < 1.29 is 18.9 Å². The van der Waals surface area contributed by atoms with Crippen molar-refractivity contribution in [3.63, 3.8) is 0 Å². The summed E-state index contributed by atoms with van der Waals surface area (Å²) >= 11 is 0. The Labute approximate surface area is 118 Å². The van der Waals surface area contributed by atoms with Gasteiger partial charge in [-0.3, -0.25) is 9.59 Å². The van der Waals surface area contributed by atoms with Crippen LogP contribution in [0.3, 0.4) is 0 Å². The molecule has 1 aromatic rings. The number of quaternary nitrogens is 1. The maximum atomic E-state index is 13.0. The Morgan fingerprint density at radius 3 is 2.60 bits per heavy atom. The number of anilines is 1. The second-order valence-electron chi connectivity index (χ2n) is 4.72. The number of carbonyl (C=O) groups excluding carboxylic acids is 2. The summed E-state index contributed by atoms with van der Waals surface area (Å²) in [7, 11) is 1.76. The third kappa shape index (κ3) is 6.29. The molecule has 0 spiro atoms. The number of halogens is 1. The number of rotatable bonds is 7. The molecule has 0 saturated heterocycles. The van der Waals surface area contributed by atoms with Crippen molar-refractivity contribution in [3.05, 3.63) is 30.1 Å². The summed E-state index contributed by atoms with van der Waals surface area (Å²) in [6, 6.07) is 5.70. The lowest BCUT2D eigenvalue weighted by molar-refractivity contribution is -0.862. The fourth-order valence-electron chi connectivity index (χ4n) is 1.71. The standard InChI is InChI=1S/C14H20FN3O2/c1-3-7-16-13(19)9-18(2)10-14(20)17-12-6-4-5-11(15)8-12/h4-6,8H,3,7,9-10H2,1-2H3,(H,16,19)(H,17,20)/p+1. The van der Waals surface area contributed by atoms with Gasteiger partial charge in [-0.25, -0.2) is 4.39 Å². The van der Waals surface area contributed by atoms with Crippen molar-refractivity contribution >= 4 is 17.5 Å². The highest BCUT2D eigenvalue weighted by Gasteiger charge is 2.13. The third-order valence-electron chi connectivity index (χ3n) is 2.61. The molecular formula is C14H21FN3O2+. The van der Waals surface area contributed by atoms with Crippen LogP contribution < -0.4 is 15.5 Å². The summed E-state index contributed by atoms with van der Waals surface area (Å²) in [5.41, 5.74) is 0.415. The van der Waals surface area contributed by atoms with Gasteiger partial charge in [-0.15, -0.1) is 0 Å². The van der Waals surface area contributed by atoms with Crippen LogP contribution in [0.15, 0.2) is 24.3 Å². The van der Waals surface area contributed by atoms with E-state index < -0.39 is 5.82 Å². The van der Waals surface area contributed by atoms with Gasteiger partial charge in [0.15, 0.2) is 13.1 Å². The van der Waals surface area contributed by atoms with Gasteiger partial charge in [0, 0.05) is 12.2 Å². The first-order valence-corrected chi connectivity index (χ1v) is 6.64. The Kier molecular flexibility index (Phi) is 6.66. The second-order valence-corrected chi connectivity index (χ2v) is 4.72. The number of hydrogen-bond acceptors (Lipinski definition) is 2. The van der Waals surface area contributed by atoms with E-state index in [2.05, 4.69) is 10.6 Å². The van der Waals surface area contributed by atoms with Crippen molar-refractivity contribution in [1.29, 1.82) is 0 Å². The van der Waals surface area contributed by atoms with Gasteiger partial charge in [0.05, 0.1) is 7.05 Å². The van der Waals surface area contributed by atoms with E-state index >= 15 is 0 Å². The fraction of sp³-hybridized carbons (Fsp3) is 0.429. The van der Waals surface area contributed by atoms with Crippen molar-refractivity contribution in [3.8, 4) is 0 Å². The Hall–Kier alpha value is -1.95. The fourth-order valence-corrected chi connectivity index (χ4v) is 1.71. The van der Waals surface area contributed by atoms with Crippen LogP contribution >= 0.6 is 0 Å². The minimum absolute atomic E-state index is 0.0806. The molecule has 0 saturated carbocycles. The van der Waals surface area contributed by atoms with Crippen molar-refractivity contribution in [2.45, 2.75) is 13.3 Å². The van der Waals surface area contributed by atoms with Crippen LogP contribution in [0.25, 0.3) is 0 Å². The number of benzene rings is 1. The Morgan fingerprint density at radius 1 is 1.25 bits per heavy atom. The summed E-state index contributed by atoms with van der Waals surface area (Å²) in [6.45, 7) is 3.00. The molecule has 110 valence electrons. The third-order valence-corrected chi connectivity index (χ3v) is 2.61. The highest BCUT2D eigenvalue weighted by molar-refractivity contribution is 5.91. The zero-order chi connectivity index (χ0) is 15.0. The topological polar surface area (TPSA) is 62.6 Å². The van der Waals surface area contributed by atoms with E-state index in [1.807, 2.05) is 6.92 Å². The largest absolute Gasteiger partial charge is 0.351 e. The van der Waals surface area contributed by atoms with Gasteiger partial charge in [-0.05, 0) is 24.6 Å². The quantitative estimate of drug-likeness (QED) is 0.649.